The molecule has 18 heavy (non-hydrogen) atoms. The van der Waals surface area contributed by atoms with Crippen LogP contribution in [0.2, 0.25) is 0 Å². The van der Waals surface area contributed by atoms with Gasteiger partial charge < -0.3 is 9.64 Å². The minimum atomic E-state index is -0.515. The number of Topliss-reactive ketones (excluding diaryl/α,β-unsaturated/α-hetero) is 1. The Morgan fingerprint density at radius 2 is 2.11 bits per heavy atom. The fraction of sp³-hybridized carbons (Fsp3) is 0.769. The second-order valence-corrected chi connectivity index (χ2v) is 4.65. The van der Waals surface area contributed by atoms with Crippen molar-refractivity contribution in [2.75, 3.05) is 19.7 Å². The third kappa shape index (κ3) is 4.47. The van der Waals surface area contributed by atoms with Crippen LogP contribution in [0.1, 0.15) is 39.5 Å². The van der Waals surface area contributed by atoms with Crippen LogP contribution in [0.25, 0.3) is 0 Å². The van der Waals surface area contributed by atoms with Crippen LogP contribution >= 0.6 is 0 Å². The van der Waals surface area contributed by atoms with Crippen LogP contribution < -0.4 is 0 Å². The zero-order chi connectivity index (χ0) is 13.5. The number of carbonyl (C=O) groups is 3. The molecule has 1 fully saturated rings. The van der Waals surface area contributed by atoms with E-state index in [4.69, 9.17) is 4.74 Å². The summed E-state index contributed by atoms with van der Waals surface area (Å²) >= 11 is 0. The molecular formula is C13H21NO4. The van der Waals surface area contributed by atoms with E-state index in [1.807, 2.05) is 0 Å². The number of ether oxygens (including phenoxy) is 1. The summed E-state index contributed by atoms with van der Waals surface area (Å²) in [5.41, 5.74) is 0. The number of hydrogen-bond donors (Lipinski definition) is 0. The van der Waals surface area contributed by atoms with Crippen molar-refractivity contribution in [2.45, 2.75) is 39.5 Å². The largest absolute Gasteiger partial charge is 0.466 e. The number of likely N-dealkylation sites (tertiary alicyclic amines) is 1. The molecule has 0 bridgehead atoms. The fourth-order valence-corrected chi connectivity index (χ4v) is 2.25. The quantitative estimate of drug-likeness (QED) is 0.506. The number of carbonyl (C=O) groups excluding carboxylic acids is 3. The van der Waals surface area contributed by atoms with Crippen LogP contribution in [0.3, 0.4) is 0 Å². The minimum Gasteiger partial charge on any atom is -0.466 e. The summed E-state index contributed by atoms with van der Waals surface area (Å²) in [5, 5.41) is 0. The van der Waals surface area contributed by atoms with Gasteiger partial charge in [-0.2, -0.15) is 0 Å². The molecule has 0 spiro atoms. The molecule has 1 aliphatic heterocycles. The molecule has 1 heterocycles. The Hall–Kier alpha value is -1.39. The number of hydrogen-bond acceptors (Lipinski definition) is 4. The van der Waals surface area contributed by atoms with Crippen LogP contribution in [0.5, 0.6) is 0 Å². The Morgan fingerprint density at radius 1 is 1.39 bits per heavy atom. The highest BCUT2D eigenvalue weighted by molar-refractivity contribution is 5.98. The van der Waals surface area contributed by atoms with Gasteiger partial charge in [-0.1, -0.05) is 13.3 Å². The maximum absolute atomic E-state index is 11.7. The summed E-state index contributed by atoms with van der Waals surface area (Å²) in [6.45, 7) is 4.73. The molecule has 0 aromatic rings. The van der Waals surface area contributed by atoms with Crippen molar-refractivity contribution in [3.05, 3.63) is 0 Å². The van der Waals surface area contributed by atoms with E-state index < -0.39 is 5.97 Å². The Balaban J connectivity index is 2.36. The van der Waals surface area contributed by atoms with E-state index in [1.165, 1.54) is 0 Å². The molecule has 1 amide bonds. The molecule has 0 saturated carbocycles. The highest BCUT2D eigenvalue weighted by Crippen LogP contribution is 2.21. The third-order valence-corrected chi connectivity index (χ3v) is 3.01. The van der Waals surface area contributed by atoms with E-state index in [-0.39, 0.29) is 31.3 Å². The van der Waals surface area contributed by atoms with Gasteiger partial charge in [-0.25, -0.2) is 0 Å². The summed E-state index contributed by atoms with van der Waals surface area (Å²) in [5.74, 6) is -0.387. The molecule has 5 heteroatoms. The first-order valence-electron chi connectivity index (χ1n) is 6.51. The monoisotopic (exact) mass is 255 g/mol. The van der Waals surface area contributed by atoms with E-state index in [1.54, 1.807) is 11.8 Å². The molecule has 1 rings (SSSR count). The normalized spacial score (nSPS) is 19.1. The lowest BCUT2D eigenvalue weighted by atomic mass is 10.0. The average Bonchev–Trinajstić information content (AvgIpc) is 2.59. The van der Waals surface area contributed by atoms with E-state index >= 15 is 0 Å². The Bertz CT molecular complexity index is 327. The first kappa shape index (κ1) is 14.7. The van der Waals surface area contributed by atoms with Gasteiger partial charge in [0.25, 0.3) is 0 Å². The highest BCUT2D eigenvalue weighted by atomic mass is 16.5. The highest BCUT2D eigenvalue weighted by Gasteiger charge is 2.30. The minimum absolute atomic E-state index is 0.0191. The van der Waals surface area contributed by atoms with Crippen LogP contribution in [0, 0.1) is 5.92 Å². The van der Waals surface area contributed by atoms with Gasteiger partial charge in [-0.3, -0.25) is 14.4 Å². The van der Waals surface area contributed by atoms with Crippen molar-refractivity contribution in [3.8, 4) is 0 Å². The van der Waals surface area contributed by atoms with Gasteiger partial charge in [-0.15, -0.1) is 0 Å². The van der Waals surface area contributed by atoms with Gasteiger partial charge >= 0.3 is 5.97 Å². The molecule has 0 aromatic carbocycles. The lowest BCUT2D eigenvalue weighted by Gasteiger charge is -2.15. The fourth-order valence-electron chi connectivity index (χ4n) is 2.25. The number of esters is 1. The van der Waals surface area contributed by atoms with Gasteiger partial charge in [0.05, 0.1) is 13.2 Å². The third-order valence-electron chi connectivity index (χ3n) is 3.01. The first-order chi connectivity index (χ1) is 8.56. The van der Waals surface area contributed by atoms with Crippen LogP contribution in [-0.2, 0) is 19.1 Å². The van der Waals surface area contributed by atoms with Gasteiger partial charge in [0.2, 0.25) is 5.91 Å². The van der Waals surface area contributed by atoms with Crippen LogP contribution in [-0.4, -0.2) is 42.3 Å². The molecule has 0 N–H and O–H groups in total. The van der Waals surface area contributed by atoms with E-state index in [0.717, 1.165) is 12.8 Å². The van der Waals surface area contributed by atoms with Crippen LogP contribution in [0.4, 0.5) is 0 Å². The van der Waals surface area contributed by atoms with Crippen molar-refractivity contribution in [2.24, 2.45) is 5.92 Å². The second-order valence-electron chi connectivity index (χ2n) is 4.65. The molecular weight excluding hydrogens is 234 g/mol. The van der Waals surface area contributed by atoms with Crippen molar-refractivity contribution in [1.29, 1.82) is 0 Å². The molecule has 1 saturated heterocycles. The van der Waals surface area contributed by atoms with Crippen molar-refractivity contribution in [1.82, 2.24) is 4.90 Å². The zero-order valence-electron chi connectivity index (χ0n) is 11.1. The zero-order valence-corrected chi connectivity index (χ0v) is 11.1. The number of amides is 1. The van der Waals surface area contributed by atoms with Gasteiger partial charge in [0, 0.05) is 13.0 Å². The maximum Gasteiger partial charge on any atom is 0.313 e. The SMILES string of the molecule is CCCC1CC(=O)N(CC(=O)CC(=O)OCC)C1. The average molecular weight is 255 g/mol. The summed E-state index contributed by atoms with van der Waals surface area (Å²) in [6, 6.07) is 0. The lowest BCUT2D eigenvalue weighted by Crippen LogP contribution is -2.32. The first-order valence-corrected chi connectivity index (χ1v) is 6.51. The molecule has 1 atom stereocenters. The van der Waals surface area contributed by atoms with E-state index in [9.17, 15) is 14.4 Å². The topological polar surface area (TPSA) is 63.7 Å². The van der Waals surface area contributed by atoms with E-state index in [0.29, 0.717) is 18.9 Å². The molecule has 1 unspecified atom stereocenters. The number of rotatable bonds is 7. The van der Waals surface area contributed by atoms with Gasteiger partial charge in [-0.05, 0) is 19.3 Å². The summed E-state index contributed by atoms with van der Waals surface area (Å²) in [7, 11) is 0. The molecule has 1 aliphatic rings. The number of nitrogens with zero attached hydrogens (tertiary/aromatic N) is 1. The smallest absolute Gasteiger partial charge is 0.313 e. The van der Waals surface area contributed by atoms with Gasteiger partial charge in [0.1, 0.15) is 6.42 Å². The predicted octanol–water partition coefficient (Wildman–Crippen LogP) is 1.16. The molecule has 102 valence electrons. The van der Waals surface area contributed by atoms with Crippen molar-refractivity contribution in [3.63, 3.8) is 0 Å². The molecule has 0 aliphatic carbocycles. The summed E-state index contributed by atoms with van der Waals surface area (Å²) in [4.78, 5) is 36.0. The van der Waals surface area contributed by atoms with Crippen molar-refractivity contribution < 1.29 is 19.1 Å². The Labute approximate surface area is 107 Å². The maximum atomic E-state index is 11.7. The van der Waals surface area contributed by atoms with E-state index in [2.05, 4.69) is 6.92 Å². The van der Waals surface area contributed by atoms with Gasteiger partial charge in [0.15, 0.2) is 5.78 Å². The predicted molar refractivity (Wildman–Crippen MR) is 65.9 cm³/mol. The molecule has 0 aromatic heterocycles. The standard InChI is InChI=1S/C13H21NO4/c1-3-5-10-6-12(16)14(8-10)9-11(15)7-13(17)18-4-2/h10H,3-9H2,1-2H3. The Kier molecular flexibility index (Phi) is 5.82. The molecule has 5 nitrogen and oxygen atoms in total. The van der Waals surface area contributed by atoms with Crippen molar-refractivity contribution >= 4 is 17.7 Å². The lowest BCUT2D eigenvalue weighted by molar-refractivity contribution is -0.146. The second kappa shape index (κ2) is 7.13. The molecule has 0 radical (unpaired) electrons. The van der Waals surface area contributed by atoms with Crippen LogP contribution in [0.15, 0.2) is 0 Å². The number of ketones is 1. The Morgan fingerprint density at radius 3 is 2.72 bits per heavy atom. The summed E-state index contributed by atoms with van der Waals surface area (Å²) < 4.78 is 4.70. The summed E-state index contributed by atoms with van der Waals surface area (Å²) in [6.07, 6.45) is 2.34.